The van der Waals surface area contributed by atoms with E-state index in [9.17, 15) is 9.59 Å². The fourth-order valence-electron chi connectivity index (χ4n) is 3.02. The molecule has 0 atom stereocenters. The molecule has 0 aliphatic carbocycles. The third kappa shape index (κ3) is 4.61. The van der Waals surface area contributed by atoms with Gasteiger partial charge >= 0.3 is 6.03 Å². The van der Waals surface area contributed by atoms with E-state index in [-0.39, 0.29) is 11.5 Å². The number of methoxy groups -OCH3 is 1. The summed E-state index contributed by atoms with van der Waals surface area (Å²) in [6, 6.07) is 19.1. The molecule has 156 valence electrons. The third-order valence-electron chi connectivity index (χ3n) is 4.41. The van der Waals surface area contributed by atoms with E-state index in [0.717, 1.165) is 5.56 Å². The van der Waals surface area contributed by atoms with Gasteiger partial charge in [-0.25, -0.2) is 9.78 Å². The molecule has 0 spiro atoms. The van der Waals surface area contributed by atoms with Crippen molar-refractivity contribution in [1.29, 1.82) is 0 Å². The summed E-state index contributed by atoms with van der Waals surface area (Å²) in [7, 11) is 1.55. The normalized spacial score (nSPS) is 10.5. The molecular weight excluding hydrogens is 396 g/mol. The lowest BCUT2D eigenvalue weighted by molar-refractivity contribution is 0.262. The third-order valence-corrected chi connectivity index (χ3v) is 4.41. The minimum Gasteiger partial charge on any atom is -0.497 e. The number of hydrogen-bond acceptors (Lipinski definition) is 5. The molecule has 4 rings (SSSR count). The summed E-state index contributed by atoms with van der Waals surface area (Å²) in [6.45, 7) is 1.71. The number of aromatic amines is 1. The zero-order valence-corrected chi connectivity index (χ0v) is 16.9. The number of anilines is 2. The second-order valence-corrected chi connectivity index (χ2v) is 6.71. The van der Waals surface area contributed by atoms with E-state index in [4.69, 9.17) is 4.74 Å². The van der Waals surface area contributed by atoms with Crippen molar-refractivity contribution in [2.24, 2.45) is 0 Å². The van der Waals surface area contributed by atoms with Crippen molar-refractivity contribution in [3.8, 4) is 23.0 Å². The van der Waals surface area contributed by atoms with Crippen LogP contribution >= 0.6 is 0 Å². The zero-order valence-electron chi connectivity index (χ0n) is 16.9. The standard InChI is InChI=1S/C22H20N6O3/c1-14-11-20(29)26-21(23-14)28-19(13-18(27-28)15-7-4-3-5-8-15)25-22(30)24-16-9-6-10-17(12-16)31-2/h3-13H,1-2H3,(H,23,26,29)(H2,24,25,30). The summed E-state index contributed by atoms with van der Waals surface area (Å²) in [4.78, 5) is 31.6. The molecule has 2 amide bonds. The summed E-state index contributed by atoms with van der Waals surface area (Å²) in [6.07, 6.45) is 0. The van der Waals surface area contributed by atoms with E-state index in [2.05, 4.69) is 25.7 Å². The highest BCUT2D eigenvalue weighted by Crippen LogP contribution is 2.24. The molecule has 9 heteroatoms. The number of amides is 2. The van der Waals surface area contributed by atoms with E-state index in [1.54, 1.807) is 44.4 Å². The lowest BCUT2D eigenvalue weighted by atomic mass is 10.2. The number of ether oxygens (including phenoxy) is 1. The fourth-order valence-corrected chi connectivity index (χ4v) is 3.02. The van der Waals surface area contributed by atoms with Crippen LogP contribution < -0.4 is 20.9 Å². The monoisotopic (exact) mass is 416 g/mol. The van der Waals surface area contributed by atoms with Gasteiger partial charge < -0.3 is 10.1 Å². The van der Waals surface area contributed by atoms with Crippen molar-refractivity contribution in [2.75, 3.05) is 17.7 Å². The van der Waals surface area contributed by atoms with Crippen molar-refractivity contribution in [3.05, 3.63) is 82.8 Å². The van der Waals surface area contributed by atoms with Crippen molar-refractivity contribution in [3.63, 3.8) is 0 Å². The Hall–Kier alpha value is -4.40. The fraction of sp³-hybridized carbons (Fsp3) is 0.0909. The average molecular weight is 416 g/mol. The summed E-state index contributed by atoms with van der Waals surface area (Å²) >= 11 is 0. The van der Waals surface area contributed by atoms with Crippen LogP contribution in [0.3, 0.4) is 0 Å². The Kier molecular flexibility index (Phi) is 5.48. The van der Waals surface area contributed by atoms with Gasteiger partial charge in [-0.2, -0.15) is 9.78 Å². The Morgan fingerprint density at radius 2 is 1.84 bits per heavy atom. The SMILES string of the molecule is COc1cccc(NC(=O)Nc2cc(-c3ccccc3)nn2-c2nc(C)cc(=O)[nH]2)c1. The second-order valence-electron chi connectivity index (χ2n) is 6.71. The molecule has 0 saturated heterocycles. The first-order chi connectivity index (χ1) is 15.0. The van der Waals surface area contributed by atoms with Crippen LogP contribution in [0.4, 0.5) is 16.3 Å². The molecule has 2 aromatic heterocycles. The minimum atomic E-state index is -0.482. The molecular formula is C22H20N6O3. The predicted octanol–water partition coefficient (Wildman–Crippen LogP) is 3.58. The number of carbonyl (C=O) groups is 1. The Balaban J connectivity index is 1.68. The number of H-pyrrole nitrogens is 1. The first-order valence-electron chi connectivity index (χ1n) is 9.48. The number of aryl methyl sites for hydroxylation is 1. The lowest BCUT2D eigenvalue weighted by Gasteiger charge is -2.10. The molecule has 0 saturated carbocycles. The smallest absolute Gasteiger partial charge is 0.324 e. The van der Waals surface area contributed by atoms with Crippen LogP contribution in [0.2, 0.25) is 0 Å². The molecule has 0 radical (unpaired) electrons. The van der Waals surface area contributed by atoms with Crippen LogP contribution in [-0.2, 0) is 0 Å². The van der Waals surface area contributed by atoms with E-state index in [1.807, 2.05) is 30.3 Å². The minimum absolute atomic E-state index is 0.198. The topological polar surface area (TPSA) is 114 Å². The number of benzene rings is 2. The number of hydrogen-bond donors (Lipinski definition) is 3. The summed E-state index contributed by atoms with van der Waals surface area (Å²) in [5, 5.41) is 10.1. The maximum Gasteiger partial charge on any atom is 0.324 e. The Bertz CT molecular complexity index is 1280. The van der Waals surface area contributed by atoms with Gasteiger partial charge in [0.05, 0.1) is 12.8 Å². The van der Waals surface area contributed by atoms with Crippen LogP contribution in [-0.4, -0.2) is 32.9 Å². The Morgan fingerprint density at radius 3 is 2.58 bits per heavy atom. The van der Waals surface area contributed by atoms with Gasteiger partial charge in [-0.15, -0.1) is 0 Å². The van der Waals surface area contributed by atoms with Crippen molar-refractivity contribution in [2.45, 2.75) is 6.92 Å². The number of aromatic nitrogens is 4. The number of urea groups is 1. The Morgan fingerprint density at radius 1 is 1.03 bits per heavy atom. The maximum atomic E-state index is 12.6. The molecule has 9 nitrogen and oxygen atoms in total. The highest BCUT2D eigenvalue weighted by molar-refractivity contribution is 5.99. The highest BCUT2D eigenvalue weighted by Gasteiger charge is 2.16. The molecule has 0 aliphatic heterocycles. The number of nitrogens with one attached hydrogen (secondary N) is 3. The van der Waals surface area contributed by atoms with E-state index in [1.165, 1.54) is 10.7 Å². The zero-order chi connectivity index (χ0) is 21.8. The van der Waals surface area contributed by atoms with Gasteiger partial charge in [0.1, 0.15) is 11.6 Å². The predicted molar refractivity (Wildman–Crippen MR) is 118 cm³/mol. The first-order valence-corrected chi connectivity index (χ1v) is 9.48. The average Bonchev–Trinajstić information content (AvgIpc) is 3.17. The largest absolute Gasteiger partial charge is 0.497 e. The molecule has 3 N–H and O–H groups in total. The van der Waals surface area contributed by atoms with Crippen molar-refractivity contribution >= 4 is 17.5 Å². The van der Waals surface area contributed by atoms with Gasteiger partial charge in [-0.3, -0.25) is 15.1 Å². The van der Waals surface area contributed by atoms with E-state index in [0.29, 0.717) is 28.6 Å². The number of nitrogens with zero attached hydrogens (tertiary/aromatic N) is 3. The summed E-state index contributed by atoms with van der Waals surface area (Å²) in [5.41, 5.74) is 2.25. The Labute approximate surface area is 177 Å². The molecule has 2 aromatic carbocycles. The molecule has 0 bridgehead atoms. The van der Waals surface area contributed by atoms with Gasteiger partial charge in [0.25, 0.3) is 5.56 Å². The highest BCUT2D eigenvalue weighted by atomic mass is 16.5. The molecule has 31 heavy (non-hydrogen) atoms. The van der Waals surface area contributed by atoms with Gasteiger partial charge in [0, 0.05) is 35.1 Å². The summed E-state index contributed by atoms with van der Waals surface area (Å²) in [5.74, 6) is 1.16. The molecule has 0 aliphatic rings. The van der Waals surface area contributed by atoms with Crippen LogP contribution in [0.1, 0.15) is 5.69 Å². The number of rotatable bonds is 5. The van der Waals surface area contributed by atoms with Gasteiger partial charge in [-0.05, 0) is 19.1 Å². The van der Waals surface area contributed by atoms with Gasteiger partial charge in [0.15, 0.2) is 0 Å². The van der Waals surface area contributed by atoms with E-state index >= 15 is 0 Å². The lowest BCUT2D eigenvalue weighted by Crippen LogP contribution is -2.22. The van der Waals surface area contributed by atoms with Crippen LogP contribution in [0.5, 0.6) is 5.75 Å². The molecule has 0 unspecified atom stereocenters. The molecule has 0 fully saturated rings. The van der Waals surface area contributed by atoms with Crippen LogP contribution in [0.25, 0.3) is 17.2 Å². The molecule has 2 heterocycles. The number of carbonyl (C=O) groups excluding carboxylic acids is 1. The van der Waals surface area contributed by atoms with Crippen LogP contribution in [0, 0.1) is 6.92 Å². The van der Waals surface area contributed by atoms with Gasteiger partial charge in [0.2, 0.25) is 5.95 Å². The quantitative estimate of drug-likeness (QED) is 0.460. The van der Waals surface area contributed by atoms with Crippen molar-refractivity contribution in [1.82, 2.24) is 19.7 Å². The van der Waals surface area contributed by atoms with E-state index < -0.39 is 6.03 Å². The maximum absolute atomic E-state index is 12.6. The first kappa shape index (κ1) is 19.9. The van der Waals surface area contributed by atoms with Crippen molar-refractivity contribution < 1.29 is 9.53 Å². The van der Waals surface area contributed by atoms with Crippen LogP contribution in [0.15, 0.2) is 71.5 Å². The second kappa shape index (κ2) is 8.54. The summed E-state index contributed by atoms with van der Waals surface area (Å²) < 4.78 is 6.57. The molecule has 4 aromatic rings. The van der Waals surface area contributed by atoms with Gasteiger partial charge in [-0.1, -0.05) is 36.4 Å².